The van der Waals surface area contributed by atoms with Crippen LogP contribution in [-0.4, -0.2) is 77.0 Å². The van der Waals surface area contributed by atoms with Gasteiger partial charge in [0.2, 0.25) is 5.91 Å². The van der Waals surface area contributed by atoms with Crippen LogP contribution in [-0.2, 0) is 16.1 Å². The lowest BCUT2D eigenvalue weighted by molar-refractivity contribution is -0.155. The molecule has 0 aliphatic carbocycles. The molecule has 1 aromatic heterocycles. The third kappa shape index (κ3) is 5.17. The zero-order valence-corrected chi connectivity index (χ0v) is 17.4. The van der Waals surface area contributed by atoms with Gasteiger partial charge in [0.15, 0.2) is 0 Å². The van der Waals surface area contributed by atoms with Crippen molar-refractivity contribution in [1.29, 1.82) is 0 Å². The molecule has 0 N–H and O–H groups in total. The number of morpholine rings is 1. The van der Waals surface area contributed by atoms with Crippen LogP contribution in [0.25, 0.3) is 0 Å². The van der Waals surface area contributed by atoms with E-state index in [-0.39, 0.29) is 30.5 Å². The molecule has 2 aliphatic rings. The molecule has 30 heavy (non-hydrogen) atoms. The Balaban J connectivity index is 1.23. The Hall–Kier alpha value is -2.45. The van der Waals surface area contributed by atoms with Gasteiger partial charge < -0.3 is 19.3 Å². The minimum absolute atomic E-state index is 0.0543. The van der Waals surface area contributed by atoms with Gasteiger partial charge in [0.1, 0.15) is 30.9 Å². The molecule has 0 saturated carbocycles. The summed E-state index contributed by atoms with van der Waals surface area (Å²) < 4.78 is 26.4. The number of aromatic nitrogens is 2. The number of rotatable bonds is 7. The van der Waals surface area contributed by atoms with E-state index in [4.69, 9.17) is 9.47 Å². The zero-order chi connectivity index (χ0) is 20.9. The van der Waals surface area contributed by atoms with E-state index in [2.05, 4.69) is 16.9 Å². The van der Waals surface area contributed by atoms with Crippen LogP contribution in [0.3, 0.4) is 0 Å². The van der Waals surface area contributed by atoms with E-state index < -0.39 is 0 Å². The lowest BCUT2D eigenvalue weighted by atomic mass is 10.0. The molecule has 7 nitrogen and oxygen atoms in total. The number of piperidine rings is 1. The van der Waals surface area contributed by atoms with E-state index in [9.17, 15) is 9.18 Å². The Morgan fingerprint density at radius 3 is 2.63 bits per heavy atom. The topological polar surface area (TPSA) is 59.8 Å². The van der Waals surface area contributed by atoms with Crippen molar-refractivity contribution in [2.75, 3.05) is 39.4 Å². The molecule has 1 amide bonds. The Kier molecular flexibility index (Phi) is 6.64. The second-order valence-electron chi connectivity index (χ2n) is 8.01. The molecule has 1 aromatic carbocycles. The highest BCUT2D eigenvalue weighted by atomic mass is 19.1. The van der Waals surface area contributed by atoms with Crippen molar-refractivity contribution in [2.24, 2.45) is 0 Å². The van der Waals surface area contributed by atoms with Gasteiger partial charge in [-0.3, -0.25) is 9.48 Å². The fourth-order valence-electron chi connectivity index (χ4n) is 4.14. The highest BCUT2D eigenvalue weighted by molar-refractivity contribution is 5.78. The molecule has 2 aromatic rings. The number of carbonyl (C=O) groups excluding carboxylic acids is 1. The number of hydrogen-bond acceptors (Lipinski definition) is 5. The van der Waals surface area contributed by atoms with Crippen LogP contribution >= 0.6 is 0 Å². The van der Waals surface area contributed by atoms with E-state index in [0.717, 1.165) is 39.0 Å². The van der Waals surface area contributed by atoms with Gasteiger partial charge in [0.25, 0.3) is 0 Å². The smallest absolute Gasteiger partial charge is 0.248 e. The van der Waals surface area contributed by atoms with Crippen molar-refractivity contribution in [2.45, 2.75) is 38.5 Å². The van der Waals surface area contributed by atoms with Gasteiger partial charge in [-0.05, 0) is 50.1 Å². The fraction of sp³-hybridized carbons (Fsp3) is 0.545. The van der Waals surface area contributed by atoms with Gasteiger partial charge in [0.05, 0.1) is 13.1 Å². The van der Waals surface area contributed by atoms with Crippen LogP contribution in [0.5, 0.6) is 5.75 Å². The van der Waals surface area contributed by atoms with E-state index in [1.54, 1.807) is 12.1 Å². The van der Waals surface area contributed by atoms with Crippen molar-refractivity contribution in [3.8, 4) is 5.75 Å². The normalized spacial score (nSPS) is 21.2. The monoisotopic (exact) mass is 416 g/mol. The molecule has 3 heterocycles. The number of aryl methyl sites for hydroxylation is 1. The first-order valence-electron chi connectivity index (χ1n) is 10.6. The number of ether oxygens (including phenoxy) is 2. The Labute approximate surface area is 176 Å². The first-order valence-corrected chi connectivity index (χ1v) is 10.6. The molecule has 2 aliphatic heterocycles. The van der Waals surface area contributed by atoms with Gasteiger partial charge >= 0.3 is 0 Å². The van der Waals surface area contributed by atoms with Crippen molar-refractivity contribution < 1.29 is 18.7 Å². The van der Waals surface area contributed by atoms with Crippen LogP contribution in [0.2, 0.25) is 0 Å². The maximum atomic E-state index is 13.0. The number of carbonyl (C=O) groups is 1. The maximum Gasteiger partial charge on any atom is 0.248 e. The van der Waals surface area contributed by atoms with Crippen molar-refractivity contribution in [3.05, 3.63) is 48.0 Å². The highest BCUT2D eigenvalue weighted by Crippen LogP contribution is 2.21. The van der Waals surface area contributed by atoms with Crippen LogP contribution in [0, 0.1) is 12.7 Å². The van der Waals surface area contributed by atoms with Gasteiger partial charge in [-0.25, -0.2) is 4.39 Å². The number of amides is 1. The van der Waals surface area contributed by atoms with Crippen LogP contribution in [0.4, 0.5) is 4.39 Å². The molecule has 1 unspecified atom stereocenters. The summed E-state index contributed by atoms with van der Waals surface area (Å²) in [5.74, 6) is 0.363. The minimum Gasteiger partial charge on any atom is -0.491 e. The highest BCUT2D eigenvalue weighted by Gasteiger charge is 2.33. The third-order valence-corrected chi connectivity index (χ3v) is 5.97. The van der Waals surface area contributed by atoms with Gasteiger partial charge in [-0.15, -0.1) is 0 Å². The van der Waals surface area contributed by atoms with Gasteiger partial charge in [-0.2, -0.15) is 5.10 Å². The second-order valence-corrected chi connectivity index (χ2v) is 8.01. The summed E-state index contributed by atoms with van der Waals surface area (Å²) in [6.07, 6.45) is 3.60. The Morgan fingerprint density at radius 2 is 1.93 bits per heavy atom. The fourth-order valence-corrected chi connectivity index (χ4v) is 4.14. The SMILES string of the molecule is Cc1ccnn1CCN1CCC(N2CC(COc3ccc(F)cc3)OCC2=O)CC1. The molecule has 8 heteroatoms. The number of nitrogens with zero attached hydrogens (tertiary/aromatic N) is 4. The van der Waals surface area contributed by atoms with Crippen LogP contribution < -0.4 is 4.74 Å². The average Bonchev–Trinajstić information content (AvgIpc) is 3.18. The number of halogens is 1. The lowest BCUT2D eigenvalue weighted by Gasteiger charge is -2.42. The Bertz CT molecular complexity index is 833. The predicted octanol–water partition coefficient (Wildman–Crippen LogP) is 2.10. The summed E-state index contributed by atoms with van der Waals surface area (Å²) >= 11 is 0. The van der Waals surface area contributed by atoms with Crippen molar-refractivity contribution in [3.63, 3.8) is 0 Å². The summed E-state index contributed by atoms with van der Waals surface area (Å²) in [6, 6.07) is 8.20. The molecule has 1 atom stereocenters. The summed E-state index contributed by atoms with van der Waals surface area (Å²) in [4.78, 5) is 16.9. The minimum atomic E-state index is -0.292. The Morgan fingerprint density at radius 1 is 1.17 bits per heavy atom. The van der Waals surface area contributed by atoms with Gasteiger partial charge in [-0.1, -0.05) is 0 Å². The third-order valence-electron chi connectivity index (χ3n) is 5.97. The molecule has 0 bridgehead atoms. The maximum absolute atomic E-state index is 13.0. The second kappa shape index (κ2) is 9.57. The van der Waals surface area contributed by atoms with Crippen LogP contribution in [0.15, 0.2) is 36.5 Å². The molecule has 2 saturated heterocycles. The summed E-state index contributed by atoms with van der Waals surface area (Å²) in [6.45, 7) is 6.87. The molecule has 2 fully saturated rings. The predicted molar refractivity (Wildman–Crippen MR) is 110 cm³/mol. The van der Waals surface area contributed by atoms with Gasteiger partial charge in [0, 0.05) is 37.6 Å². The number of likely N-dealkylation sites (tertiary alicyclic amines) is 1. The number of benzene rings is 1. The summed E-state index contributed by atoms with van der Waals surface area (Å²) in [5.41, 5.74) is 1.18. The molecule has 0 spiro atoms. The molecular formula is C22H29FN4O3. The standard InChI is InChI=1S/C22H29FN4O3/c1-17-6-9-24-27(17)13-12-25-10-7-19(8-11-25)26-14-21(30-16-22(26)28)15-29-20-4-2-18(23)3-5-20/h2-6,9,19,21H,7-8,10-16H2,1H3. The first kappa shape index (κ1) is 20.8. The van der Waals surface area contributed by atoms with E-state index >= 15 is 0 Å². The van der Waals surface area contributed by atoms with E-state index in [1.165, 1.54) is 17.8 Å². The number of hydrogen-bond donors (Lipinski definition) is 0. The van der Waals surface area contributed by atoms with Crippen molar-refractivity contribution >= 4 is 5.91 Å². The van der Waals surface area contributed by atoms with E-state index in [1.807, 2.05) is 21.8 Å². The average molecular weight is 416 g/mol. The zero-order valence-electron chi connectivity index (χ0n) is 17.4. The summed E-state index contributed by atoms with van der Waals surface area (Å²) in [5, 5.41) is 4.34. The van der Waals surface area contributed by atoms with E-state index in [0.29, 0.717) is 18.9 Å². The lowest BCUT2D eigenvalue weighted by Crippen LogP contribution is -2.55. The molecular weight excluding hydrogens is 387 g/mol. The first-order chi connectivity index (χ1) is 14.6. The summed E-state index contributed by atoms with van der Waals surface area (Å²) in [7, 11) is 0. The van der Waals surface area contributed by atoms with Crippen LogP contribution in [0.1, 0.15) is 18.5 Å². The molecule has 162 valence electrons. The molecule has 0 radical (unpaired) electrons. The molecule has 4 rings (SSSR count). The largest absolute Gasteiger partial charge is 0.491 e. The quantitative estimate of drug-likeness (QED) is 0.692. The van der Waals surface area contributed by atoms with Crippen molar-refractivity contribution in [1.82, 2.24) is 19.6 Å².